The van der Waals surface area contributed by atoms with Crippen molar-refractivity contribution in [1.82, 2.24) is 0 Å². The quantitative estimate of drug-likeness (QED) is 0.0223. The molecule has 416 valence electrons. The minimum Gasteiger partial charge on any atom is -0.457 e. The number of carbonyl (C=O) groups is 1. The van der Waals surface area contributed by atoms with Crippen LogP contribution in [0.4, 0.5) is 0 Å². The average molecular weight is 1010 g/mol. The molecule has 2 aliphatic heterocycles. The summed E-state index contributed by atoms with van der Waals surface area (Å²) in [6.07, 6.45) is 30.2. The number of hydrogen-bond acceptors (Lipinski definition) is 14. The Kier molecular flexibility index (Phi) is 41.2. The molecule has 0 aromatic heterocycles. The smallest absolute Gasteiger partial charge is 0.306 e. The van der Waals surface area contributed by atoms with E-state index in [0.717, 1.165) is 44.9 Å². The number of aliphatic hydroxyl groups excluding tert-OH is 7. The Hall–Kier alpha value is -1.01. The Morgan fingerprint density at radius 2 is 0.757 bits per heavy atom. The van der Waals surface area contributed by atoms with Gasteiger partial charge in [0.2, 0.25) is 0 Å². The van der Waals surface area contributed by atoms with Gasteiger partial charge < -0.3 is 64.2 Å². The molecular formula is C56H108O14. The molecule has 70 heavy (non-hydrogen) atoms. The summed E-state index contributed by atoms with van der Waals surface area (Å²) in [4.78, 5) is 13.1. The maximum absolute atomic E-state index is 13.1. The van der Waals surface area contributed by atoms with Gasteiger partial charge in [-0.05, 0) is 12.8 Å². The van der Waals surface area contributed by atoms with E-state index in [-0.39, 0.29) is 25.6 Å². The Bertz CT molecular complexity index is 1170. The predicted octanol–water partition coefficient (Wildman–Crippen LogP) is 10.0. The highest BCUT2D eigenvalue weighted by atomic mass is 16.7. The van der Waals surface area contributed by atoms with Gasteiger partial charge in [-0.15, -0.1) is 0 Å². The third kappa shape index (κ3) is 31.0. The van der Waals surface area contributed by atoms with Crippen LogP contribution >= 0.6 is 0 Å². The van der Waals surface area contributed by atoms with E-state index in [1.807, 2.05) is 0 Å². The second-order valence-corrected chi connectivity index (χ2v) is 20.8. The zero-order chi connectivity index (χ0) is 50.9. The molecule has 0 radical (unpaired) electrons. The van der Waals surface area contributed by atoms with Crippen molar-refractivity contribution >= 4 is 5.97 Å². The Morgan fingerprint density at radius 1 is 0.414 bits per heavy atom. The van der Waals surface area contributed by atoms with Crippen LogP contribution in [0.5, 0.6) is 0 Å². The van der Waals surface area contributed by atoms with Gasteiger partial charge in [0.05, 0.1) is 26.4 Å². The first-order valence-corrected chi connectivity index (χ1v) is 29.1. The highest BCUT2D eigenvalue weighted by molar-refractivity contribution is 5.69. The summed E-state index contributed by atoms with van der Waals surface area (Å²) < 4.78 is 34.4. The van der Waals surface area contributed by atoms with Crippen molar-refractivity contribution in [3.63, 3.8) is 0 Å². The molecule has 0 aromatic carbocycles. The van der Waals surface area contributed by atoms with Crippen LogP contribution < -0.4 is 0 Å². The highest BCUT2D eigenvalue weighted by Gasteiger charge is 2.47. The zero-order valence-corrected chi connectivity index (χ0v) is 44.5. The standard InChI is InChI=1S/C56H108O14/c1-3-5-7-9-11-13-15-17-19-21-22-23-24-26-28-30-32-34-36-38-40-65-42-45(68-48(58)39-37-35-33-31-29-27-25-20-18-16-14-12-10-8-6-4-2)43-66-55-54(64)52(62)50(60)47(70-55)44-67-56-53(63)51(61)49(59)46(41-57)69-56/h45-47,49-57,59-64H,3-44H2,1-2H3. The number of rotatable bonds is 48. The predicted molar refractivity (Wildman–Crippen MR) is 275 cm³/mol. The van der Waals surface area contributed by atoms with Crippen LogP contribution in [-0.2, 0) is 33.2 Å². The van der Waals surface area contributed by atoms with Crippen molar-refractivity contribution in [1.29, 1.82) is 0 Å². The van der Waals surface area contributed by atoms with Gasteiger partial charge in [0.1, 0.15) is 54.9 Å². The van der Waals surface area contributed by atoms with Crippen molar-refractivity contribution < 1.29 is 69.0 Å². The lowest BCUT2D eigenvalue weighted by atomic mass is 9.98. The molecule has 0 saturated carbocycles. The molecule has 0 aliphatic carbocycles. The summed E-state index contributed by atoms with van der Waals surface area (Å²) in [5, 5.41) is 72.3. The fourth-order valence-corrected chi connectivity index (χ4v) is 9.64. The third-order valence-corrected chi connectivity index (χ3v) is 14.4. The van der Waals surface area contributed by atoms with Gasteiger partial charge >= 0.3 is 5.97 Å². The molecule has 7 N–H and O–H groups in total. The number of aliphatic hydroxyl groups is 7. The molecule has 0 bridgehead atoms. The molecule has 14 heteroatoms. The number of carbonyl (C=O) groups excluding carboxylic acids is 1. The summed E-state index contributed by atoms with van der Waals surface area (Å²) in [6.45, 7) is 3.76. The van der Waals surface area contributed by atoms with Crippen molar-refractivity contribution in [2.75, 3.05) is 33.0 Å². The lowest BCUT2D eigenvalue weighted by Crippen LogP contribution is -2.61. The van der Waals surface area contributed by atoms with E-state index in [1.165, 1.54) is 186 Å². The minimum atomic E-state index is -1.70. The molecular weight excluding hydrogens is 897 g/mol. The summed E-state index contributed by atoms with van der Waals surface area (Å²) in [5.74, 6) is -0.368. The molecule has 2 heterocycles. The molecule has 0 aromatic rings. The molecule has 11 atom stereocenters. The lowest BCUT2D eigenvalue weighted by Gasteiger charge is -2.42. The van der Waals surface area contributed by atoms with Gasteiger partial charge in [-0.3, -0.25) is 4.79 Å². The Labute approximate surface area is 425 Å². The van der Waals surface area contributed by atoms with E-state index in [4.69, 9.17) is 28.4 Å². The van der Waals surface area contributed by atoms with Crippen molar-refractivity contribution in [3.05, 3.63) is 0 Å². The van der Waals surface area contributed by atoms with E-state index in [1.54, 1.807) is 0 Å². The van der Waals surface area contributed by atoms with Crippen LogP contribution in [0.3, 0.4) is 0 Å². The van der Waals surface area contributed by atoms with E-state index < -0.39 is 80.7 Å². The van der Waals surface area contributed by atoms with Gasteiger partial charge in [-0.2, -0.15) is 0 Å². The molecule has 11 unspecified atom stereocenters. The number of ether oxygens (including phenoxy) is 6. The van der Waals surface area contributed by atoms with Gasteiger partial charge in [-0.25, -0.2) is 0 Å². The first kappa shape index (κ1) is 65.1. The third-order valence-electron chi connectivity index (χ3n) is 14.4. The van der Waals surface area contributed by atoms with E-state index in [9.17, 15) is 40.5 Å². The molecule has 14 nitrogen and oxygen atoms in total. The SMILES string of the molecule is CCCCCCCCCCCCCCCCCCCCCCOCC(COC1OC(COC2OC(CO)C(O)C(O)C2O)C(O)C(O)C1O)OC(=O)CCCCCCCCCCCCCCCCCC. The summed E-state index contributed by atoms with van der Waals surface area (Å²) in [6, 6.07) is 0. The van der Waals surface area contributed by atoms with Crippen LogP contribution in [0.25, 0.3) is 0 Å². The maximum atomic E-state index is 13.1. The maximum Gasteiger partial charge on any atom is 0.306 e. The van der Waals surface area contributed by atoms with Crippen LogP contribution in [-0.4, -0.2) is 142 Å². The minimum absolute atomic E-state index is 0.0709. The second kappa shape index (κ2) is 44.3. The van der Waals surface area contributed by atoms with Crippen LogP contribution in [0.15, 0.2) is 0 Å². The fraction of sp³-hybridized carbons (Fsp3) is 0.982. The van der Waals surface area contributed by atoms with E-state index in [2.05, 4.69) is 13.8 Å². The van der Waals surface area contributed by atoms with Crippen molar-refractivity contribution in [3.8, 4) is 0 Å². The Morgan fingerprint density at radius 3 is 1.16 bits per heavy atom. The van der Waals surface area contributed by atoms with Crippen LogP contribution in [0.2, 0.25) is 0 Å². The fourth-order valence-electron chi connectivity index (χ4n) is 9.64. The number of esters is 1. The van der Waals surface area contributed by atoms with E-state index >= 15 is 0 Å². The summed E-state index contributed by atoms with van der Waals surface area (Å²) in [7, 11) is 0. The summed E-state index contributed by atoms with van der Waals surface area (Å²) in [5.41, 5.74) is 0. The molecule has 0 spiro atoms. The second-order valence-electron chi connectivity index (χ2n) is 20.8. The first-order chi connectivity index (χ1) is 34.1. The van der Waals surface area contributed by atoms with Gasteiger partial charge in [0.25, 0.3) is 0 Å². The zero-order valence-electron chi connectivity index (χ0n) is 44.5. The highest BCUT2D eigenvalue weighted by Crippen LogP contribution is 2.27. The largest absolute Gasteiger partial charge is 0.457 e. The van der Waals surface area contributed by atoms with Gasteiger partial charge in [0, 0.05) is 13.0 Å². The molecule has 2 rings (SSSR count). The number of unbranched alkanes of at least 4 members (excludes halogenated alkanes) is 34. The van der Waals surface area contributed by atoms with Crippen molar-refractivity contribution in [2.45, 2.75) is 319 Å². The van der Waals surface area contributed by atoms with Crippen LogP contribution in [0.1, 0.15) is 251 Å². The molecule has 0 amide bonds. The first-order valence-electron chi connectivity index (χ1n) is 29.1. The lowest BCUT2D eigenvalue weighted by molar-refractivity contribution is -0.332. The van der Waals surface area contributed by atoms with Gasteiger partial charge in [-0.1, -0.05) is 232 Å². The van der Waals surface area contributed by atoms with E-state index in [0.29, 0.717) is 6.61 Å². The summed E-state index contributed by atoms with van der Waals surface area (Å²) >= 11 is 0. The van der Waals surface area contributed by atoms with Crippen LogP contribution in [0, 0.1) is 0 Å². The average Bonchev–Trinajstić information content (AvgIpc) is 3.36. The Balaban J connectivity index is 1.70. The monoisotopic (exact) mass is 1000 g/mol. The molecule has 2 aliphatic rings. The van der Waals surface area contributed by atoms with Gasteiger partial charge in [0.15, 0.2) is 12.6 Å². The van der Waals surface area contributed by atoms with Crippen molar-refractivity contribution in [2.24, 2.45) is 0 Å². The number of hydrogen-bond donors (Lipinski definition) is 7. The normalized spacial score (nSPS) is 25.4. The molecule has 2 saturated heterocycles. The topological polar surface area (TPSA) is 214 Å². The molecule has 2 fully saturated rings.